The Balaban J connectivity index is 2.28. The SMILES string of the molecule is COC(=O)[C@H](Cn1cc([C@@]2(C(=O)OC(C)(C)C)COC(C)(C)N2)nn1)NC(=O)OC(C)(C)C. The Labute approximate surface area is 193 Å². The molecule has 1 amide bonds. The lowest BCUT2D eigenvalue weighted by Gasteiger charge is -2.30. The summed E-state index contributed by atoms with van der Waals surface area (Å²) in [6.45, 7) is 13.8. The van der Waals surface area contributed by atoms with Crippen LogP contribution in [0.4, 0.5) is 4.79 Å². The van der Waals surface area contributed by atoms with Crippen LogP contribution in [-0.4, -0.2) is 69.7 Å². The molecule has 2 atom stereocenters. The molecule has 2 rings (SSSR count). The number of rotatable bonds is 6. The number of nitrogens with one attached hydrogen (secondary N) is 2. The van der Waals surface area contributed by atoms with Gasteiger partial charge in [0.05, 0.1) is 26.5 Å². The van der Waals surface area contributed by atoms with Crippen LogP contribution < -0.4 is 10.6 Å². The highest BCUT2D eigenvalue weighted by Crippen LogP contribution is 2.33. The Morgan fingerprint density at radius 3 is 2.27 bits per heavy atom. The summed E-state index contributed by atoms with van der Waals surface area (Å²) in [5.41, 5.74) is -3.43. The average molecular weight is 470 g/mol. The summed E-state index contributed by atoms with van der Waals surface area (Å²) >= 11 is 0. The van der Waals surface area contributed by atoms with E-state index in [1.54, 1.807) is 55.4 Å². The molecular formula is C21H35N5O7. The number of nitrogens with zero attached hydrogens (tertiary/aromatic N) is 3. The van der Waals surface area contributed by atoms with E-state index >= 15 is 0 Å². The summed E-state index contributed by atoms with van der Waals surface area (Å²) in [4.78, 5) is 37.5. The second-order valence-electron chi connectivity index (χ2n) is 10.4. The molecule has 1 aromatic rings. The Kier molecular flexibility index (Phi) is 7.44. The van der Waals surface area contributed by atoms with Crippen LogP contribution in [0.5, 0.6) is 0 Å². The van der Waals surface area contributed by atoms with Crippen molar-refractivity contribution in [1.29, 1.82) is 0 Å². The first-order valence-corrected chi connectivity index (χ1v) is 10.6. The number of carbonyl (C=O) groups is 3. The van der Waals surface area contributed by atoms with E-state index in [0.29, 0.717) is 0 Å². The molecule has 1 aliphatic rings. The van der Waals surface area contributed by atoms with Gasteiger partial charge in [-0.15, -0.1) is 5.10 Å². The molecule has 2 heterocycles. The minimum atomic E-state index is -1.39. The number of amides is 1. The molecule has 0 radical (unpaired) electrons. The highest BCUT2D eigenvalue weighted by Gasteiger charge is 2.54. The standard InChI is InChI=1S/C21H35N5O7/c1-18(2,3)32-16(28)21(12-31-20(7,8)24-21)14-11-26(25-23-14)10-13(15(27)30-9)22-17(29)33-19(4,5)6/h11,13,24H,10,12H2,1-9H3,(H,22,29)/t13-,21+/m0/s1. The largest absolute Gasteiger partial charge is 0.467 e. The van der Waals surface area contributed by atoms with Crippen LogP contribution in [0.2, 0.25) is 0 Å². The van der Waals surface area contributed by atoms with Crippen LogP contribution in [0.25, 0.3) is 0 Å². The summed E-state index contributed by atoms with van der Waals surface area (Å²) in [5, 5.41) is 13.8. The smallest absolute Gasteiger partial charge is 0.408 e. The third-order valence-electron chi connectivity index (χ3n) is 4.43. The molecular weight excluding hydrogens is 434 g/mol. The molecule has 0 aromatic carbocycles. The fraction of sp³-hybridized carbons (Fsp3) is 0.762. The van der Waals surface area contributed by atoms with E-state index in [0.717, 1.165) is 0 Å². The molecule has 1 fully saturated rings. The van der Waals surface area contributed by atoms with Crippen LogP contribution in [-0.2, 0) is 40.6 Å². The predicted molar refractivity (Wildman–Crippen MR) is 116 cm³/mol. The van der Waals surface area contributed by atoms with E-state index in [9.17, 15) is 14.4 Å². The lowest BCUT2D eigenvalue weighted by molar-refractivity contribution is -0.163. The fourth-order valence-corrected chi connectivity index (χ4v) is 3.13. The van der Waals surface area contributed by atoms with Crippen LogP contribution in [0.15, 0.2) is 6.20 Å². The normalized spacial score (nSPS) is 21.2. The first-order chi connectivity index (χ1) is 15.0. The van der Waals surface area contributed by atoms with Gasteiger partial charge in [-0.05, 0) is 55.4 Å². The Morgan fingerprint density at radius 2 is 1.79 bits per heavy atom. The number of esters is 2. The third-order valence-corrected chi connectivity index (χ3v) is 4.43. The van der Waals surface area contributed by atoms with Gasteiger partial charge in [0.15, 0.2) is 5.54 Å². The maximum atomic E-state index is 13.1. The molecule has 186 valence electrons. The van der Waals surface area contributed by atoms with Gasteiger partial charge in [0.2, 0.25) is 0 Å². The molecule has 2 N–H and O–H groups in total. The molecule has 0 aliphatic carbocycles. The highest BCUT2D eigenvalue weighted by atomic mass is 16.6. The second kappa shape index (κ2) is 9.26. The van der Waals surface area contributed by atoms with Crippen molar-refractivity contribution in [2.75, 3.05) is 13.7 Å². The number of aromatic nitrogens is 3. The number of alkyl carbamates (subject to hydrolysis) is 1. The van der Waals surface area contributed by atoms with E-state index in [1.807, 2.05) is 0 Å². The first kappa shape index (κ1) is 26.5. The average Bonchev–Trinajstić information content (AvgIpc) is 3.22. The number of methoxy groups -OCH3 is 1. The van der Waals surface area contributed by atoms with E-state index in [1.165, 1.54) is 18.0 Å². The molecule has 0 unspecified atom stereocenters. The van der Waals surface area contributed by atoms with Crippen LogP contribution in [0, 0.1) is 0 Å². The molecule has 0 saturated carbocycles. The highest BCUT2D eigenvalue weighted by molar-refractivity contribution is 5.83. The van der Waals surface area contributed by atoms with Gasteiger partial charge in [-0.25, -0.2) is 19.1 Å². The maximum Gasteiger partial charge on any atom is 0.408 e. The van der Waals surface area contributed by atoms with Crippen LogP contribution in [0.3, 0.4) is 0 Å². The van der Waals surface area contributed by atoms with E-state index in [2.05, 4.69) is 20.9 Å². The number of carbonyl (C=O) groups excluding carboxylic acids is 3. The van der Waals surface area contributed by atoms with Crippen LogP contribution in [0.1, 0.15) is 61.1 Å². The topological polar surface area (TPSA) is 143 Å². The van der Waals surface area contributed by atoms with Crippen molar-refractivity contribution in [3.63, 3.8) is 0 Å². The summed E-state index contributed by atoms with van der Waals surface area (Å²) < 4.78 is 22.7. The fourth-order valence-electron chi connectivity index (χ4n) is 3.13. The third kappa shape index (κ3) is 7.13. The summed E-state index contributed by atoms with van der Waals surface area (Å²) in [6, 6.07) is -1.10. The molecule has 12 nitrogen and oxygen atoms in total. The lowest BCUT2D eigenvalue weighted by Crippen LogP contribution is -2.54. The minimum absolute atomic E-state index is 0.0236. The summed E-state index contributed by atoms with van der Waals surface area (Å²) in [6.07, 6.45) is 0.713. The van der Waals surface area contributed by atoms with E-state index < -0.39 is 46.5 Å². The zero-order chi connectivity index (χ0) is 25.2. The lowest BCUT2D eigenvalue weighted by atomic mass is 9.96. The van der Waals surface area contributed by atoms with Gasteiger partial charge in [0.25, 0.3) is 0 Å². The quantitative estimate of drug-likeness (QED) is 0.461. The van der Waals surface area contributed by atoms with Gasteiger partial charge in [0, 0.05) is 0 Å². The van der Waals surface area contributed by atoms with Crippen molar-refractivity contribution in [3.8, 4) is 0 Å². The maximum absolute atomic E-state index is 13.1. The molecule has 12 heteroatoms. The zero-order valence-electron chi connectivity index (χ0n) is 20.8. The Morgan fingerprint density at radius 1 is 1.18 bits per heavy atom. The molecule has 1 aromatic heterocycles. The first-order valence-electron chi connectivity index (χ1n) is 10.6. The summed E-state index contributed by atoms with van der Waals surface area (Å²) in [5.74, 6) is -1.26. The van der Waals surface area contributed by atoms with E-state index in [4.69, 9.17) is 18.9 Å². The van der Waals surface area contributed by atoms with Crippen molar-refractivity contribution in [2.24, 2.45) is 0 Å². The molecule has 0 bridgehead atoms. The predicted octanol–water partition coefficient (Wildman–Crippen LogP) is 1.24. The summed E-state index contributed by atoms with van der Waals surface area (Å²) in [7, 11) is 1.21. The second-order valence-corrected chi connectivity index (χ2v) is 10.4. The molecule has 33 heavy (non-hydrogen) atoms. The van der Waals surface area contributed by atoms with Gasteiger partial charge in [-0.2, -0.15) is 0 Å². The van der Waals surface area contributed by atoms with E-state index in [-0.39, 0.29) is 18.8 Å². The molecule has 1 saturated heterocycles. The van der Waals surface area contributed by atoms with Gasteiger partial charge < -0.3 is 24.3 Å². The zero-order valence-corrected chi connectivity index (χ0v) is 20.8. The van der Waals surface area contributed by atoms with Crippen LogP contribution >= 0.6 is 0 Å². The molecule has 1 aliphatic heterocycles. The van der Waals surface area contributed by atoms with Gasteiger partial charge in [0.1, 0.15) is 28.7 Å². The number of hydrogen-bond donors (Lipinski definition) is 2. The van der Waals surface area contributed by atoms with Crippen molar-refractivity contribution in [2.45, 2.75) is 90.4 Å². The Bertz CT molecular complexity index is 884. The van der Waals surface area contributed by atoms with Gasteiger partial charge in [-0.1, -0.05) is 5.21 Å². The van der Waals surface area contributed by atoms with Crippen molar-refractivity contribution < 1.29 is 33.3 Å². The molecule has 0 spiro atoms. The number of ether oxygens (including phenoxy) is 4. The van der Waals surface area contributed by atoms with Gasteiger partial charge in [-0.3, -0.25) is 5.32 Å². The minimum Gasteiger partial charge on any atom is -0.467 e. The van der Waals surface area contributed by atoms with Crippen molar-refractivity contribution >= 4 is 18.0 Å². The van der Waals surface area contributed by atoms with Gasteiger partial charge >= 0.3 is 18.0 Å². The Hall–Kier alpha value is -2.73. The van der Waals surface area contributed by atoms with Crippen molar-refractivity contribution in [1.82, 2.24) is 25.6 Å². The van der Waals surface area contributed by atoms with Crippen molar-refractivity contribution in [3.05, 3.63) is 11.9 Å². The monoisotopic (exact) mass is 469 g/mol. The number of hydrogen-bond acceptors (Lipinski definition) is 10.